The molecule has 0 aliphatic carbocycles. The summed E-state index contributed by atoms with van der Waals surface area (Å²) in [4.78, 5) is 0. The lowest BCUT2D eigenvalue weighted by atomic mass is 9.74. The summed E-state index contributed by atoms with van der Waals surface area (Å²) in [7, 11) is 0. The highest BCUT2D eigenvalue weighted by Crippen LogP contribution is 2.47. The molecule has 1 rings (SSSR count). The maximum absolute atomic E-state index is 6.07. The van der Waals surface area contributed by atoms with Crippen LogP contribution in [0.25, 0.3) is 0 Å². The Morgan fingerprint density at radius 3 is 1.92 bits per heavy atom. The molecule has 1 nitrogen and oxygen atoms in total. The largest absolute Gasteiger partial charge is 0.492 e. The molecule has 1 heteroatoms. The molecular weight excluding hydrogens is 304 g/mol. The lowest BCUT2D eigenvalue weighted by Gasteiger charge is -2.28. The van der Waals surface area contributed by atoms with Crippen LogP contribution in [0.1, 0.15) is 94.9 Å². The first-order valence-corrected chi connectivity index (χ1v) is 10.4. The van der Waals surface area contributed by atoms with Gasteiger partial charge in [0.05, 0.1) is 6.61 Å². The first-order chi connectivity index (χ1) is 12.0. The topological polar surface area (TPSA) is 9.23 Å². The van der Waals surface area contributed by atoms with E-state index in [1.807, 2.05) is 54.5 Å². The Balaban J connectivity index is -0.000000725. The van der Waals surface area contributed by atoms with Crippen LogP contribution in [0.4, 0.5) is 0 Å². The van der Waals surface area contributed by atoms with Crippen LogP contribution in [0.5, 0.6) is 0 Å². The minimum atomic E-state index is 0.232. The van der Waals surface area contributed by atoms with Crippen LogP contribution in [-0.4, -0.2) is 6.61 Å². The van der Waals surface area contributed by atoms with Crippen molar-refractivity contribution in [1.29, 1.82) is 0 Å². The first kappa shape index (κ1) is 28.6. The van der Waals surface area contributed by atoms with Gasteiger partial charge in [-0.25, -0.2) is 0 Å². The summed E-state index contributed by atoms with van der Waals surface area (Å²) in [5.41, 5.74) is 3.81. The third kappa shape index (κ3) is 8.61. The third-order valence-corrected chi connectivity index (χ3v) is 4.05. The summed E-state index contributed by atoms with van der Waals surface area (Å²) in [6, 6.07) is 0. The van der Waals surface area contributed by atoms with E-state index in [0.29, 0.717) is 0 Å². The molecule has 1 unspecified atom stereocenters. The van der Waals surface area contributed by atoms with Crippen molar-refractivity contribution in [2.45, 2.75) is 94.9 Å². The Morgan fingerprint density at radius 2 is 1.60 bits per heavy atom. The van der Waals surface area contributed by atoms with Crippen LogP contribution >= 0.6 is 0 Å². The fourth-order valence-corrected chi connectivity index (χ4v) is 3.09. The van der Waals surface area contributed by atoms with E-state index < -0.39 is 0 Å². The summed E-state index contributed by atoms with van der Waals surface area (Å²) in [6.07, 6.45) is 8.54. The molecule has 0 amide bonds. The quantitative estimate of drug-likeness (QED) is 0.417. The Kier molecular flexibility index (Phi) is 20.1. The molecule has 0 N–H and O–H groups in total. The van der Waals surface area contributed by atoms with Gasteiger partial charge in [-0.2, -0.15) is 0 Å². The molecule has 0 fully saturated rings. The highest BCUT2D eigenvalue weighted by Gasteiger charge is 2.39. The maximum atomic E-state index is 6.07. The van der Waals surface area contributed by atoms with Gasteiger partial charge in [0.25, 0.3) is 0 Å². The predicted molar refractivity (Wildman–Crippen MR) is 118 cm³/mol. The molecule has 0 saturated heterocycles. The van der Waals surface area contributed by atoms with Gasteiger partial charge in [-0.1, -0.05) is 93.5 Å². The van der Waals surface area contributed by atoms with E-state index in [4.69, 9.17) is 4.74 Å². The number of hydrogen-bond donors (Lipinski definition) is 0. The van der Waals surface area contributed by atoms with Gasteiger partial charge in [-0.15, -0.1) is 0 Å². The summed E-state index contributed by atoms with van der Waals surface area (Å²) < 4.78 is 6.07. The zero-order valence-corrected chi connectivity index (χ0v) is 19.0. The number of rotatable bonds is 7. The van der Waals surface area contributed by atoms with Crippen molar-refractivity contribution in [2.75, 3.05) is 6.61 Å². The summed E-state index contributed by atoms with van der Waals surface area (Å²) >= 11 is 0. The normalized spacial score (nSPS) is 18.6. The van der Waals surface area contributed by atoms with E-state index in [0.717, 1.165) is 36.4 Å². The second-order valence-electron chi connectivity index (χ2n) is 5.48. The summed E-state index contributed by atoms with van der Waals surface area (Å²) in [5.74, 6) is 1.05. The molecule has 0 aromatic heterocycles. The highest BCUT2D eigenvalue weighted by atomic mass is 16.5. The number of hydrogen-bond acceptors (Lipinski definition) is 1. The molecule has 0 aromatic rings. The fourth-order valence-electron chi connectivity index (χ4n) is 3.09. The molecule has 0 bridgehead atoms. The van der Waals surface area contributed by atoms with Crippen molar-refractivity contribution in [1.82, 2.24) is 0 Å². The van der Waals surface area contributed by atoms with E-state index in [9.17, 15) is 0 Å². The lowest BCUT2D eigenvalue weighted by Crippen LogP contribution is -2.23. The van der Waals surface area contributed by atoms with Gasteiger partial charge in [-0.05, 0) is 37.8 Å². The molecule has 0 aromatic carbocycles. The van der Waals surface area contributed by atoms with Crippen molar-refractivity contribution in [2.24, 2.45) is 5.41 Å². The fraction of sp³-hybridized carbons (Fsp3) is 0.667. The zero-order chi connectivity index (χ0) is 20.5. The minimum absolute atomic E-state index is 0.232. The van der Waals surface area contributed by atoms with E-state index in [1.54, 1.807) is 0 Å². The van der Waals surface area contributed by atoms with E-state index >= 15 is 0 Å². The molecule has 1 heterocycles. The molecule has 1 atom stereocenters. The van der Waals surface area contributed by atoms with Crippen LogP contribution in [-0.2, 0) is 4.74 Å². The van der Waals surface area contributed by atoms with Crippen LogP contribution in [0.2, 0.25) is 0 Å². The molecular formula is C24H46O. The average Bonchev–Trinajstić information content (AvgIpc) is 3.03. The Bertz CT molecular complexity index is 412. The molecule has 25 heavy (non-hydrogen) atoms. The number of allylic oxidation sites excluding steroid dienone is 3. The Morgan fingerprint density at radius 1 is 1.08 bits per heavy atom. The number of ether oxygens (including phenoxy) is 1. The van der Waals surface area contributed by atoms with Gasteiger partial charge < -0.3 is 4.74 Å². The van der Waals surface area contributed by atoms with Gasteiger partial charge in [0.2, 0.25) is 0 Å². The molecule has 148 valence electrons. The summed E-state index contributed by atoms with van der Waals surface area (Å²) in [6.45, 7) is 29.4. The van der Waals surface area contributed by atoms with Gasteiger partial charge >= 0.3 is 0 Å². The van der Waals surface area contributed by atoms with Crippen LogP contribution in [0.3, 0.4) is 0 Å². The lowest BCUT2D eigenvalue weighted by molar-refractivity contribution is 0.154. The Labute approximate surface area is 159 Å². The second-order valence-corrected chi connectivity index (χ2v) is 5.48. The highest BCUT2D eigenvalue weighted by molar-refractivity contribution is 5.45. The SMILES string of the molecule is C=C/C(=C\C(=C)C)C1=C(CC)C(CC)(CCC)CO1.CC.CC.CC. The van der Waals surface area contributed by atoms with Crippen molar-refractivity contribution in [3.8, 4) is 0 Å². The van der Waals surface area contributed by atoms with Crippen LogP contribution in [0.15, 0.2) is 47.8 Å². The monoisotopic (exact) mass is 350 g/mol. The van der Waals surface area contributed by atoms with Crippen molar-refractivity contribution >= 4 is 0 Å². The molecule has 0 spiro atoms. The summed E-state index contributed by atoms with van der Waals surface area (Å²) in [5, 5.41) is 0. The first-order valence-electron chi connectivity index (χ1n) is 10.4. The van der Waals surface area contributed by atoms with Gasteiger partial charge in [0, 0.05) is 11.0 Å². The van der Waals surface area contributed by atoms with E-state index in [1.165, 1.54) is 18.4 Å². The van der Waals surface area contributed by atoms with E-state index in [-0.39, 0.29) is 5.41 Å². The van der Waals surface area contributed by atoms with Gasteiger partial charge in [-0.3, -0.25) is 0 Å². The predicted octanol–water partition coefficient (Wildman–Crippen LogP) is 8.64. The van der Waals surface area contributed by atoms with Crippen molar-refractivity contribution < 1.29 is 4.74 Å². The van der Waals surface area contributed by atoms with Crippen LogP contribution < -0.4 is 0 Å². The molecule has 1 aliphatic rings. The Hall–Kier alpha value is -1.24. The molecule has 0 radical (unpaired) electrons. The van der Waals surface area contributed by atoms with Crippen molar-refractivity contribution in [3.63, 3.8) is 0 Å². The van der Waals surface area contributed by atoms with Gasteiger partial charge in [0.15, 0.2) is 0 Å². The molecule has 1 aliphatic heterocycles. The second kappa shape index (κ2) is 17.6. The molecule has 0 saturated carbocycles. The van der Waals surface area contributed by atoms with E-state index in [2.05, 4.69) is 40.0 Å². The van der Waals surface area contributed by atoms with Crippen molar-refractivity contribution in [3.05, 3.63) is 47.8 Å². The smallest absolute Gasteiger partial charge is 0.126 e. The zero-order valence-electron chi connectivity index (χ0n) is 19.0. The maximum Gasteiger partial charge on any atom is 0.126 e. The third-order valence-electron chi connectivity index (χ3n) is 4.05. The van der Waals surface area contributed by atoms with Crippen LogP contribution in [0, 0.1) is 5.41 Å². The standard InChI is InChI=1S/C18H28O.3C2H6/c1-7-11-18(10-4)13-19-17(16(18)9-3)15(8-2)12-14(5)6;3*1-2/h8,12H,2,5,7,9-11,13H2,1,3-4,6H3;3*1-2H3/b15-12+;;;. The minimum Gasteiger partial charge on any atom is -0.492 e. The average molecular weight is 351 g/mol. The van der Waals surface area contributed by atoms with Gasteiger partial charge in [0.1, 0.15) is 5.76 Å².